The number of allylic oxidation sites excluding steroid dienone is 8. The number of hydroxylamine groups is 2. The van der Waals surface area contributed by atoms with E-state index in [0.717, 1.165) is 71.6 Å². The maximum absolute atomic E-state index is 14.2. The fraction of sp³-hybridized carbons (Fsp3) is 0.438. The Hall–Kier alpha value is -3.98. The van der Waals surface area contributed by atoms with Crippen molar-refractivity contribution in [1.29, 1.82) is 0 Å². The van der Waals surface area contributed by atoms with E-state index in [2.05, 4.69) is 4.99 Å². The van der Waals surface area contributed by atoms with Crippen LogP contribution in [0.5, 0.6) is 0 Å². The van der Waals surface area contributed by atoms with E-state index in [-0.39, 0.29) is 17.7 Å². The van der Waals surface area contributed by atoms with Crippen LogP contribution in [-0.2, 0) is 16.1 Å². The van der Waals surface area contributed by atoms with Crippen LogP contribution in [0.4, 0.5) is 0 Å². The average molecular weight is 558 g/mol. The number of rotatable bonds is 4. The lowest BCUT2D eigenvalue weighted by molar-refractivity contribution is -0.138. The molecule has 4 aliphatic rings. The van der Waals surface area contributed by atoms with Crippen molar-refractivity contribution >= 4 is 23.4 Å². The number of aromatic nitrogens is 1. The van der Waals surface area contributed by atoms with Crippen molar-refractivity contribution in [2.45, 2.75) is 71.9 Å². The van der Waals surface area contributed by atoms with Crippen molar-refractivity contribution < 1.29 is 19.6 Å². The summed E-state index contributed by atoms with van der Waals surface area (Å²) in [4.78, 5) is 45.7. The Labute approximate surface area is 241 Å². The second-order valence-electron chi connectivity index (χ2n) is 11.5. The summed E-state index contributed by atoms with van der Waals surface area (Å²) in [7, 11) is 0. The second kappa shape index (κ2) is 11.9. The lowest BCUT2D eigenvalue weighted by atomic mass is 9.78. The Morgan fingerprint density at radius 3 is 2.17 bits per heavy atom. The third-order valence-corrected chi connectivity index (χ3v) is 8.74. The van der Waals surface area contributed by atoms with Crippen molar-refractivity contribution in [2.24, 2.45) is 22.6 Å². The summed E-state index contributed by atoms with van der Waals surface area (Å²) in [6.07, 6.45) is 17.0. The number of carbonyl (C=O) groups is 3. The first-order valence-electron chi connectivity index (χ1n) is 14.5. The van der Waals surface area contributed by atoms with Gasteiger partial charge in [0, 0.05) is 38.1 Å². The van der Waals surface area contributed by atoms with Gasteiger partial charge in [-0.1, -0.05) is 37.8 Å². The number of nitrogens with two attached hydrogens (primary N) is 1. The van der Waals surface area contributed by atoms with Crippen LogP contribution >= 0.6 is 0 Å². The molecule has 0 unspecified atom stereocenters. The minimum atomic E-state index is -0.537. The molecular weight excluding hydrogens is 518 g/mol. The highest BCUT2D eigenvalue weighted by Crippen LogP contribution is 2.43. The predicted octanol–water partition coefficient (Wildman–Crippen LogP) is 4.98. The molecule has 1 fully saturated rings. The van der Waals surface area contributed by atoms with Crippen LogP contribution in [0.25, 0.3) is 0 Å². The van der Waals surface area contributed by atoms with Gasteiger partial charge in [-0.2, -0.15) is 0 Å². The van der Waals surface area contributed by atoms with Crippen molar-refractivity contribution in [2.75, 3.05) is 6.54 Å². The van der Waals surface area contributed by atoms with Gasteiger partial charge in [0.15, 0.2) is 0 Å². The molecule has 3 N–H and O–H groups in total. The summed E-state index contributed by atoms with van der Waals surface area (Å²) in [5.41, 5.74) is 11.2. The molecule has 9 nitrogen and oxygen atoms in total. The molecule has 216 valence electrons. The molecule has 9 heteroatoms. The van der Waals surface area contributed by atoms with Crippen LogP contribution in [0, 0.1) is 11.8 Å². The number of nitrogens with zero attached hydrogens (tertiary/aromatic N) is 4. The van der Waals surface area contributed by atoms with Crippen LogP contribution in [0.2, 0.25) is 0 Å². The zero-order valence-corrected chi connectivity index (χ0v) is 24.0. The molecule has 41 heavy (non-hydrogen) atoms. The summed E-state index contributed by atoms with van der Waals surface area (Å²) in [5.74, 6) is -1.34. The molecule has 0 saturated heterocycles. The number of carbonyl (C=O) groups excluding carboxylic acids is 3. The summed E-state index contributed by atoms with van der Waals surface area (Å²) < 4.78 is 1.87. The zero-order valence-electron chi connectivity index (χ0n) is 24.0. The molecule has 1 aromatic heterocycles. The highest BCUT2D eigenvalue weighted by Gasteiger charge is 2.44. The van der Waals surface area contributed by atoms with Crippen molar-refractivity contribution in [1.82, 2.24) is 14.5 Å². The molecule has 3 amide bonds. The van der Waals surface area contributed by atoms with Gasteiger partial charge in [-0.25, -0.2) is 10.1 Å². The van der Waals surface area contributed by atoms with E-state index in [0.29, 0.717) is 24.5 Å². The smallest absolute Gasteiger partial charge is 0.265 e. The van der Waals surface area contributed by atoms with Crippen LogP contribution < -0.4 is 5.73 Å². The highest BCUT2D eigenvalue weighted by molar-refractivity contribution is 6.11. The standard InChI is InChI=1S/C32H39N5O4/c1-20-18-35(41)19-21(2)28(20)24-10-12-25(13-11-24)34-32(40)29(23-8-6-4-5-7-9-23)30-26-14-15-27(31(33)39)37(26)17-16-36(30)22(3)38/h10-15,18-19,23,29-30,41H,4-9,16-17H2,1-3H3,(H2,33,39)/t29-,30+/m0/s1. The summed E-state index contributed by atoms with van der Waals surface area (Å²) in [5, 5.41) is 10.9. The average Bonchev–Trinajstić information content (AvgIpc) is 3.18. The molecule has 2 atom stereocenters. The van der Waals surface area contributed by atoms with Crippen LogP contribution in [0.1, 0.15) is 81.5 Å². The minimum Gasteiger partial charge on any atom is -0.364 e. The minimum absolute atomic E-state index is 0.0677. The van der Waals surface area contributed by atoms with Crippen LogP contribution in [0.3, 0.4) is 0 Å². The number of hydrogen-bond acceptors (Lipinski definition) is 5. The van der Waals surface area contributed by atoms with Crippen molar-refractivity contribution in [3.63, 3.8) is 0 Å². The SMILES string of the molecule is CC(=O)N1CCn2c(C(N)=O)ccc2[C@@H]1[C@@H](C(=O)N=C1C=CC(=C2C(C)=CN(O)C=C2C)C=C1)C1CCCCCC1. The molecule has 0 radical (unpaired) electrons. The molecule has 3 heterocycles. The Balaban J connectivity index is 1.52. The molecule has 1 aromatic rings. The molecule has 0 bridgehead atoms. The normalized spacial score (nSPS) is 22.1. The number of fused-ring (bicyclic) bond motifs is 1. The Kier molecular flexibility index (Phi) is 8.26. The fourth-order valence-electron chi connectivity index (χ4n) is 6.94. The molecule has 2 aliphatic heterocycles. The summed E-state index contributed by atoms with van der Waals surface area (Å²) >= 11 is 0. The lowest BCUT2D eigenvalue weighted by Crippen LogP contribution is -2.48. The van der Waals surface area contributed by atoms with Gasteiger partial charge in [-0.05, 0) is 79.2 Å². The molecule has 1 saturated carbocycles. The number of amides is 3. The number of hydrogen-bond donors (Lipinski definition) is 2. The first-order valence-corrected chi connectivity index (χ1v) is 14.5. The fourth-order valence-corrected chi connectivity index (χ4v) is 6.94. The van der Waals surface area contributed by atoms with E-state index in [1.165, 1.54) is 6.92 Å². The zero-order chi connectivity index (χ0) is 29.3. The molecule has 5 rings (SSSR count). The highest BCUT2D eigenvalue weighted by atomic mass is 16.5. The van der Waals surface area contributed by atoms with E-state index < -0.39 is 17.9 Å². The molecular formula is C32H39N5O4. The Morgan fingerprint density at radius 1 is 0.951 bits per heavy atom. The van der Waals surface area contributed by atoms with Gasteiger partial charge in [-0.3, -0.25) is 19.6 Å². The second-order valence-corrected chi connectivity index (χ2v) is 11.5. The Morgan fingerprint density at radius 2 is 1.59 bits per heavy atom. The van der Waals surface area contributed by atoms with Gasteiger partial charge in [0.1, 0.15) is 5.69 Å². The first kappa shape index (κ1) is 28.5. The van der Waals surface area contributed by atoms with Gasteiger partial charge in [0.25, 0.3) is 11.8 Å². The first-order chi connectivity index (χ1) is 19.7. The van der Waals surface area contributed by atoms with Crippen LogP contribution in [-0.4, -0.2) is 49.7 Å². The predicted molar refractivity (Wildman–Crippen MR) is 157 cm³/mol. The molecule has 0 aromatic carbocycles. The van der Waals surface area contributed by atoms with Gasteiger partial charge in [-0.15, -0.1) is 0 Å². The third kappa shape index (κ3) is 5.77. The maximum Gasteiger partial charge on any atom is 0.265 e. The third-order valence-electron chi connectivity index (χ3n) is 8.74. The van der Waals surface area contributed by atoms with E-state index >= 15 is 0 Å². The topological polar surface area (TPSA) is 121 Å². The summed E-state index contributed by atoms with van der Waals surface area (Å²) in [6, 6.07) is 3.02. The van der Waals surface area contributed by atoms with Gasteiger partial charge in [0.05, 0.1) is 17.7 Å². The number of aliphatic imine (C=N–C) groups is 1. The summed E-state index contributed by atoms with van der Waals surface area (Å²) in [6.45, 7) is 6.28. The quantitative estimate of drug-likeness (QED) is 0.506. The van der Waals surface area contributed by atoms with Gasteiger partial charge >= 0.3 is 0 Å². The van der Waals surface area contributed by atoms with Crippen LogP contribution in [0.15, 0.2) is 76.1 Å². The van der Waals surface area contributed by atoms with E-state index in [4.69, 9.17) is 5.73 Å². The van der Waals surface area contributed by atoms with E-state index in [1.54, 1.807) is 23.4 Å². The largest absolute Gasteiger partial charge is 0.364 e. The molecule has 0 spiro atoms. The Bertz CT molecular complexity index is 1390. The monoisotopic (exact) mass is 557 g/mol. The van der Waals surface area contributed by atoms with Gasteiger partial charge < -0.3 is 15.2 Å². The maximum atomic E-state index is 14.2. The number of primary amides is 1. The lowest BCUT2D eigenvalue weighted by Gasteiger charge is -2.42. The van der Waals surface area contributed by atoms with E-state index in [1.807, 2.05) is 48.8 Å². The van der Waals surface area contributed by atoms with E-state index in [9.17, 15) is 19.6 Å². The van der Waals surface area contributed by atoms with Crippen molar-refractivity contribution in [3.8, 4) is 0 Å². The van der Waals surface area contributed by atoms with Gasteiger partial charge in [0.2, 0.25) is 5.91 Å². The van der Waals surface area contributed by atoms with Crippen molar-refractivity contribution in [3.05, 3.63) is 82.5 Å². The molecule has 2 aliphatic carbocycles.